The monoisotopic (exact) mass is 472 g/mol. The highest BCUT2D eigenvalue weighted by Crippen LogP contribution is 2.46. The Morgan fingerprint density at radius 3 is 2.53 bits per heavy atom. The molecule has 1 aliphatic carbocycles. The van der Waals surface area contributed by atoms with E-state index in [1.54, 1.807) is 13.0 Å². The van der Waals surface area contributed by atoms with Crippen molar-refractivity contribution >= 4 is 0 Å². The van der Waals surface area contributed by atoms with Gasteiger partial charge in [-0.25, -0.2) is 0 Å². The average Bonchev–Trinajstić information content (AvgIpc) is 2.83. The van der Waals surface area contributed by atoms with Crippen LogP contribution in [0.1, 0.15) is 40.7 Å². The quantitative estimate of drug-likeness (QED) is 0.512. The van der Waals surface area contributed by atoms with Crippen LogP contribution >= 0.6 is 0 Å². The third kappa shape index (κ3) is 4.68. The summed E-state index contributed by atoms with van der Waals surface area (Å²) in [6.45, 7) is 6.32. The van der Waals surface area contributed by atoms with E-state index in [1.807, 2.05) is 12.1 Å². The molecule has 2 aliphatic rings. The number of methoxy groups -OCH3 is 1. The van der Waals surface area contributed by atoms with Crippen molar-refractivity contribution in [3.8, 4) is 11.5 Å². The lowest BCUT2D eigenvalue weighted by Crippen LogP contribution is -2.50. The van der Waals surface area contributed by atoms with Crippen molar-refractivity contribution in [3.63, 3.8) is 0 Å². The molecule has 0 aromatic heterocycles. The molecule has 7 atom stereocenters. The van der Waals surface area contributed by atoms with Gasteiger partial charge in [0.2, 0.25) is 0 Å². The maximum Gasteiger partial charge on any atom is 0.183 e. The summed E-state index contributed by atoms with van der Waals surface area (Å²) in [6.07, 6.45) is -1.79. The Kier molecular flexibility index (Phi) is 7.50. The number of aryl methyl sites for hydroxylation is 2. The van der Waals surface area contributed by atoms with Crippen molar-refractivity contribution in [3.05, 3.63) is 58.1 Å². The van der Waals surface area contributed by atoms with Crippen molar-refractivity contribution < 1.29 is 34.6 Å². The zero-order chi connectivity index (χ0) is 24.6. The minimum Gasteiger partial charge on any atom is -0.504 e. The van der Waals surface area contributed by atoms with Gasteiger partial charge in [-0.05, 0) is 72.1 Å². The second kappa shape index (κ2) is 10.2. The Morgan fingerprint density at radius 1 is 1.09 bits per heavy atom. The molecule has 7 nitrogen and oxygen atoms in total. The van der Waals surface area contributed by atoms with E-state index in [-0.39, 0.29) is 49.2 Å². The van der Waals surface area contributed by atoms with Crippen LogP contribution in [0.4, 0.5) is 0 Å². The molecule has 0 radical (unpaired) electrons. The first-order valence-electron chi connectivity index (χ1n) is 11.9. The highest BCUT2D eigenvalue weighted by atomic mass is 16.7. The van der Waals surface area contributed by atoms with Gasteiger partial charge in [-0.2, -0.15) is 0 Å². The fraction of sp³-hybridized carbons (Fsp3) is 0.556. The van der Waals surface area contributed by atoms with Gasteiger partial charge in [0.25, 0.3) is 0 Å². The summed E-state index contributed by atoms with van der Waals surface area (Å²) in [5, 5.41) is 41.1. The summed E-state index contributed by atoms with van der Waals surface area (Å²) >= 11 is 0. The van der Waals surface area contributed by atoms with E-state index in [4.69, 9.17) is 14.2 Å². The van der Waals surface area contributed by atoms with Crippen LogP contribution in [0.3, 0.4) is 0 Å². The average molecular weight is 473 g/mol. The molecule has 7 heteroatoms. The molecule has 0 amide bonds. The largest absolute Gasteiger partial charge is 0.504 e. The van der Waals surface area contributed by atoms with E-state index < -0.39 is 18.5 Å². The van der Waals surface area contributed by atoms with E-state index in [2.05, 4.69) is 26.0 Å². The van der Waals surface area contributed by atoms with E-state index in [0.29, 0.717) is 5.75 Å². The molecule has 34 heavy (non-hydrogen) atoms. The number of benzene rings is 2. The second-order valence-corrected chi connectivity index (χ2v) is 9.81. The van der Waals surface area contributed by atoms with Crippen LogP contribution in [0.2, 0.25) is 0 Å². The Balaban J connectivity index is 1.72. The highest BCUT2D eigenvalue weighted by Gasteiger charge is 2.41. The van der Waals surface area contributed by atoms with E-state index >= 15 is 0 Å². The molecule has 0 spiro atoms. The van der Waals surface area contributed by atoms with Crippen LogP contribution in [0.25, 0.3) is 0 Å². The summed E-state index contributed by atoms with van der Waals surface area (Å²) < 4.78 is 17.1. The lowest BCUT2D eigenvalue weighted by atomic mass is 9.66. The van der Waals surface area contributed by atoms with E-state index in [1.165, 1.54) is 29.4 Å². The van der Waals surface area contributed by atoms with Gasteiger partial charge in [0.05, 0.1) is 26.4 Å². The minimum absolute atomic E-state index is 0.00466. The first-order valence-corrected chi connectivity index (χ1v) is 11.9. The van der Waals surface area contributed by atoms with Gasteiger partial charge >= 0.3 is 0 Å². The number of aromatic hydroxyl groups is 1. The van der Waals surface area contributed by atoms with Gasteiger partial charge in [0.15, 0.2) is 17.8 Å². The maximum atomic E-state index is 10.6. The van der Waals surface area contributed by atoms with Crippen molar-refractivity contribution in [2.24, 2.45) is 17.8 Å². The number of rotatable bonds is 6. The third-order valence-electron chi connectivity index (χ3n) is 7.71. The van der Waals surface area contributed by atoms with Gasteiger partial charge in [-0.1, -0.05) is 25.1 Å². The minimum atomic E-state index is -0.940. The molecule has 1 fully saturated rings. The van der Waals surface area contributed by atoms with Gasteiger partial charge in [-0.3, -0.25) is 0 Å². The topological polar surface area (TPSA) is 109 Å². The highest BCUT2D eigenvalue weighted by molar-refractivity contribution is 5.50. The third-order valence-corrected chi connectivity index (χ3v) is 7.71. The fourth-order valence-corrected chi connectivity index (χ4v) is 5.32. The normalized spacial score (nSPS) is 31.2. The molecular weight excluding hydrogens is 436 g/mol. The molecule has 0 bridgehead atoms. The van der Waals surface area contributed by atoms with Crippen molar-refractivity contribution in [2.75, 3.05) is 26.9 Å². The standard InChI is InChI=1S/C27H36O7/c1-14-7-18-9-19(11-28)21(12-33-27-26(31)16(3)23(30)13-34-27)25(20(18)8-15(14)2)17-5-6-22(29)24(10-17)32-4/h5-8,10,16,19,21,23,25-31H,9,11-13H2,1-4H3/t16-,19+,21+,23+,25?,26+,27+/m0/s1. The number of fused-ring (bicyclic) bond motifs is 1. The molecule has 1 aliphatic heterocycles. The second-order valence-electron chi connectivity index (χ2n) is 9.81. The summed E-state index contributed by atoms with van der Waals surface area (Å²) in [7, 11) is 1.52. The van der Waals surface area contributed by atoms with Gasteiger partial charge in [0, 0.05) is 18.4 Å². The van der Waals surface area contributed by atoms with Gasteiger partial charge < -0.3 is 34.6 Å². The van der Waals surface area contributed by atoms with Crippen molar-refractivity contribution in [2.45, 2.75) is 51.6 Å². The molecule has 186 valence electrons. The molecule has 1 unspecified atom stereocenters. The number of aliphatic hydroxyl groups excluding tert-OH is 3. The van der Waals surface area contributed by atoms with Crippen LogP contribution in [0.15, 0.2) is 30.3 Å². The molecule has 4 N–H and O–H groups in total. The van der Waals surface area contributed by atoms with Crippen LogP contribution in [-0.2, 0) is 15.9 Å². The number of ether oxygens (including phenoxy) is 3. The zero-order valence-electron chi connectivity index (χ0n) is 20.3. The molecular formula is C27H36O7. The molecule has 2 aromatic carbocycles. The number of phenolic OH excluding ortho intramolecular Hbond substituents is 1. The van der Waals surface area contributed by atoms with E-state index in [0.717, 1.165) is 12.0 Å². The van der Waals surface area contributed by atoms with Crippen LogP contribution in [0.5, 0.6) is 11.5 Å². The predicted molar refractivity (Wildman–Crippen MR) is 127 cm³/mol. The summed E-state index contributed by atoms with van der Waals surface area (Å²) in [4.78, 5) is 0. The summed E-state index contributed by atoms with van der Waals surface area (Å²) in [5.74, 6) is -0.182. The Morgan fingerprint density at radius 2 is 1.82 bits per heavy atom. The Bertz CT molecular complexity index is 1010. The maximum absolute atomic E-state index is 10.6. The lowest BCUT2D eigenvalue weighted by Gasteiger charge is -2.42. The Hall–Kier alpha value is -2.16. The van der Waals surface area contributed by atoms with Gasteiger partial charge in [-0.15, -0.1) is 0 Å². The first-order chi connectivity index (χ1) is 16.2. The fourth-order valence-electron chi connectivity index (χ4n) is 5.32. The molecule has 0 saturated carbocycles. The zero-order valence-corrected chi connectivity index (χ0v) is 20.3. The molecule has 1 saturated heterocycles. The molecule has 2 aromatic rings. The van der Waals surface area contributed by atoms with Gasteiger partial charge in [0.1, 0.15) is 6.10 Å². The van der Waals surface area contributed by atoms with Crippen LogP contribution < -0.4 is 4.74 Å². The number of aliphatic hydroxyl groups is 3. The smallest absolute Gasteiger partial charge is 0.183 e. The molecule has 1 heterocycles. The van der Waals surface area contributed by atoms with E-state index in [9.17, 15) is 20.4 Å². The van der Waals surface area contributed by atoms with Crippen LogP contribution in [-0.4, -0.2) is 65.9 Å². The van der Waals surface area contributed by atoms with Crippen molar-refractivity contribution in [1.29, 1.82) is 0 Å². The SMILES string of the molecule is COc1cc(C2c3cc(C)c(C)cc3C[C@H](CO)[C@H]2CO[C@@H]2OC[C@@H](O)[C@H](C)[C@H]2O)ccc1O. The van der Waals surface area contributed by atoms with Crippen LogP contribution in [0, 0.1) is 31.6 Å². The molecule has 4 rings (SSSR count). The van der Waals surface area contributed by atoms with Crippen molar-refractivity contribution in [1.82, 2.24) is 0 Å². The number of hydrogen-bond donors (Lipinski definition) is 4. The first kappa shape index (κ1) is 24.9. The summed E-state index contributed by atoms with van der Waals surface area (Å²) in [6, 6.07) is 9.77. The number of phenols is 1. The summed E-state index contributed by atoms with van der Waals surface area (Å²) in [5.41, 5.74) is 5.72. The predicted octanol–water partition coefficient (Wildman–Crippen LogP) is 2.66. The lowest BCUT2D eigenvalue weighted by molar-refractivity contribution is -0.259. The number of hydrogen-bond acceptors (Lipinski definition) is 7. The Labute approximate surface area is 200 Å².